The maximum atomic E-state index is 12.1. The molecule has 0 radical (unpaired) electrons. The van der Waals surface area contributed by atoms with Crippen molar-refractivity contribution in [1.82, 2.24) is 5.32 Å². The van der Waals surface area contributed by atoms with Crippen LogP contribution in [-0.4, -0.2) is 30.6 Å². The molecule has 0 saturated heterocycles. The summed E-state index contributed by atoms with van der Waals surface area (Å²) >= 11 is 1.29. The number of hydrogen-bond donors (Lipinski definition) is 2. The van der Waals surface area contributed by atoms with Crippen LogP contribution in [0.2, 0.25) is 0 Å². The van der Waals surface area contributed by atoms with E-state index in [0.29, 0.717) is 10.6 Å². The summed E-state index contributed by atoms with van der Waals surface area (Å²) in [5, 5.41) is 7.79. The average Bonchev–Trinajstić information content (AvgIpc) is 2.76. The lowest BCUT2D eigenvalue weighted by Crippen LogP contribution is -2.38. The van der Waals surface area contributed by atoms with Gasteiger partial charge < -0.3 is 15.4 Å². The number of esters is 1. The molecule has 1 rings (SSSR count). The molecule has 1 heterocycles. The Bertz CT molecular complexity index is 497. The minimum atomic E-state index is -0.396. The van der Waals surface area contributed by atoms with E-state index in [0.717, 1.165) is 18.5 Å². The summed E-state index contributed by atoms with van der Waals surface area (Å²) < 4.78 is 5.20. The first kappa shape index (κ1) is 17.7. The monoisotopic (exact) mass is 312 g/mol. The van der Waals surface area contributed by atoms with Crippen molar-refractivity contribution < 1.29 is 14.3 Å². The predicted octanol–water partition coefficient (Wildman–Crippen LogP) is 2.95. The SMILES string of the molecule is CCCNC(C)C(=O)Nc1c(C)csc1C(=O)OC(C)C. The first-order valence-corrected chi connectivity index (χ1v) is 8.08. The molecule has 0 aliphatic rings. The number of aryl methyl sites for hydroxylation is 1. The number of rotatable bonds is 7. The maximum absolute atomic E-state index is 12.1. The van der Waals surface area contributed by atoms with Gasteiger partial charge in [0.2, 0.25) is 5.91 Å². The molecule has 0 saturated carbocycles. The summed E-state index contributed by atoms with van der Waals surface area (Å²) in [6.07, 6.45) is 0.773. The van der Waals surface area contributed by atoms with Gasteiger partial charge in [0.05, 0.1) is 17.8 Å². The van der Waals surface area contributed by atoms with Gasteiger partial charge in [0.15, 0.2) is 0 Å². The second-order valence-electron chi connectivity index (χ2n) is 5.24. The largest absolute Gasteiger partial charge is 0.459 e. The summed E-state index contributed by atoms with van der Waals surface area (Å²) in [7, 11) is 0. The van der Waals surface area contributed by atoms with Crippen LogP contribution >= 0.6 is 11.3 Å². The van der Waals surface area contributed by atoms with Crippen molar-refractivity contribution in [2.75, 3.05) is 11.9 Å². The number of nitrogens with one attached hydrogen (secondary N) is 2. The molecule has 0 fully saturated rings. The molecule has 1 aromatic heterocycles. The Balaban J connectivity index is 2.81. The molecular formula is C15H24N2O3S. The van der Waals surface area contributed by atoms with Gasteiger partial charge in [0, 0.05) is 0 Å². The van der Waals surface area contributed by atoms with E-state index in [1.165, 1.54) is 11.3 Å². The van der Waals surface area contributed by atoms with E-state index >= 15 is 0 Å². The van der Waals surface area contributed by atoms with E-state index in [1.807, 2.05) is 19.2 Å². The van der Waals surface area contributed by atoms with Crippen molar-refractivity contribution in [2.24, 2.45) is 0 Å². The van der Waals surface area contributed by atoms with Crippen molar-refractivity contribution in [3.8, 4) is 0 Å². The first-order valence-electron chi connectivity index (χ1n) is 7.20. The van der Waals surface area contributed by atoms with Crippen molar-refractivity contribution in [2.45, 2.75) is 53.2 Å². The van der Waals surface area contributed by atoms with Gasteiger partial charge in [-0.1, -0.05) is 6.92 Å². The van der Waals surface area contributed by atoms with E-state index in [9.17, 15) is 9.59 Å². The van der Waals surface area contributed by atoms with Gasteiger partial charge in [-0.2, -0.15) is 0 Å². The molecule has 2 N–H and O–H groups in total. The summed E-state index contributed by atoms with van der Waals surface area (Å²) in [6.45, 7) is 10.1. The molecule has 1 aromatic rings. The van der Waals surface area contributed by atoms with E-state index < -0.39 is 5.97 Å². The third-order valence-electron chi connectivity index (χ3n) is 2.85. The molecule has 118 valence electrons. The molecule has 21 heavy (non-hydrogen) atoms. The average molecular weight is 312 g/mol. The number of amides is 1. The lowest BCUT2D eigenvalue weighted by molar-refractivity contribution is -0.117. The van der Waals surface area contributed by atoms with E-state index in [4.69, 9.17) is 4.74 Å². The lowest BCUT2D eigenvalue weighted by Gasteiger charge is -2.15. The summed E-state index contributed by atoms with van der Waals surface area (Å²) in [4.78, 5) is 24.6. The Kier molecular flexibility index (Phi) is 6.84. The number of ether oxygens (including phenoxy) is 1. The molecule has 6 heteroatoms. The Morgan fingerprint density at radius 1 is 1.33 bits per heavy atom. The Hall–Kier alpha value is -1.40. The van der Waals surface area contributed by atoms with Crippen LogP contribution in [0.15, 0.2) is 5.38 Å². The summed E-state index contributed by atoms with van der Waals surface area (Å²) in [5.74, 6) is -0.545. The Labute approximate surface area is 130 Å². The standard InChI is InChI=1S/C15H24N2O3S/c1-6-7-16-11(5)14(18)17-12-10(4)8-21-13(12)15(19)20-9(2)3/h8-9,11,16H,6-7H2,1-5H3,(H,17,18). The predicted molar refractivity (Wildman–Crippen MR) is 86.0 cm³/mol. The number of thiophene rings is 1. The zero-order chi connectivity index (χ0) is 16.0. The minimum Gasteiger partial charge on any atom is -0.459 e. The molecular weight excluding hydrogens is 288 g/mol. The molecule has 0 aliphatic heterocycles. The highest BCUT2D eigenvalue weighted by molar-refractivity contribution is 7.12. The zero-order valence-corrected chi connectivity index (χ0v) is 14.1. The van der Waals surface area contributed by atoms with Gasteiger partial charge in [-0.25, -0.2) is 4.79 Å². The molecule has 0 bridgehead atoms. The van der Waals surface area contributed by atoms with Crippen molar-refractivity contribution >= 4 is 28.9 Å². The summed E-state index contributed by atoms with van der Waals surface area (Å²) in [6, 6.07) is -0.307. The third-order valence-corrected chi connectivity index (χ3v) is 3.92. The molecule has 0 spiro atoms. The molecule has 1 atom stereocenters. The number of anilines is 1. The van der Waals surface area contributed by atoms with Gasteiger partial charge in [-0.15, -0.1) is 11.3 Å². The van der Waals surface area contributed by atoms with Crippen LogP contribution in [0.4, 0.5) is 5.69 Å². The van der Waals surface area contributed by atoms with Crippen LogP contribution in [0.5, 0.6) is 0 Å². The maximum Gasteiger partial charge on any atom is 0.350 e. The van der Waals surface area contributed by atoms with Crippen molar-refractivity contribution in [3.05, 3.63) is 15.8 Å². The normalized spacial score (nSPS) is 12.3. The highest BCUT2D eigenvalue weighted by Crippen LogP contribution is 2.28. The fourth-order valence-corrected chi connectivity index (χ4v) is 2.59. The van der Waals surface area contributed by atoms with Gasteiger partial charge >= 0.3 is 5.97 Å². The first-order chi connectivity index (χ1) is 9.86. The van der Waals surface area contributed by atoms with Crippen molar-refractivity contribution in [3.63, 3.8) is 0 Å². The Morgan fingerprint density at radius 3 is 2.57 bits per heavy atom. The van der Waals surface area contributed by atoms with Crippen LogP contribution in [0.25, 0.3) is 0 Å². The molecule has 5 nitrogen and oxygen atoms in total. The van der Waals surface area contributed by atoms with E-state index in [2.05, 4.69) is 10.6 Å². The number of carbonyl (C=O) groups is 2. The fourth-order valence-electron chi connectivity index (χ4n) is 1.70. The smallest absolute Gasteiger partial charge is 0.350 e. The molecule has 1 amide bonds. The highest BCUT2D eigenvalue weighted by Gasteiger charge is 2.22. The van der Waals surface area contributed by atoms with Crippen LogP contribution < -0.4 is 10.6 Å². The second-order valence-corrected chi connectivity index (χ2v) is 6.12. The quantitative estimate of drug-likeness (QED) is 0.760. The number of hydrogen-bond acceptors (Lipinski definition) is 5. The lowest BCUT2D eigenvalue weighted by atomic mass is 10.2. The Morgan fingerprint density at radius 2 is 2.00 bits per heavy atom. The van der Waals surface area contributed by atoms with E-state index in [1.54, 1.807) is 20.8 Å². The number of carbonyl (C=O) groups excluding carboxylic acids is 2. The van der Waals surface area contributed by atoms with E-state index in [-0.39, 0.29) is 18.1 Å². The minimum absolute atomic E-state index is 0.149. The third kappa shape index (κ3) is 5.13. The molecule has 0 aliphatic carbocycles. The van der Waals surface area contributed by atoms with Crippen LogP contribution in [0.3, 0.4) is 0 Å². The van der Waals surface area contributed by atoms with Gasteiger partial charge in [0.25, 0.3) is 0 Å². The van der Waals surface area contributed by atoms with Crippen molar-refractivity contribution in [1.29, 1.82) is 0 Å². The summed E-state index contributed by atoms with van der Waals surface area (Å²) in [5.41, 5.74) is 1.42. The van der Waals surface area contributed by atoms with Gasteiger partial charge in [-0.3, -0.25) is 4.79 Å². The topological polar surface area (TPSA) is 67.4 Å². The highest BCUT2D eigenvalue weighted by atomic mass is 32.1. The van der Waals surface area contributed by atoms with Crippen LogP contribution in [0, 0.1) is 6.92 Å². The van der Waals surface area contributed by atoms with Gasteiger partial charge in [-0.05, 0) is 51.6 Å². The molecule has 1 unspecified atom stereocenters. The molecule has 0 aromatic carbocycles. The fraction of sp³-hybridized carbons (Fsp3) is 0.600. The zero-order valence-electron chi connectivity index (χ0n) is 13.3. The second kappa shape index (κ2) is 8.14. The van der Waals surface area contributed by atoms with Crippen LogP contribution in [-0.2, 0) is 9.53 Å². The van der Waals surface area contributed by atoms with Gasteiger partial charge in [0.1, 0.15) is 4.88 Å². The van der Waals surface area contributed by atoms with Crippen LogP contribution in [0.1, 0.15) is 49.4 Å².